The summed E-state index contributed by atoms with van der Waals surface area (Å²) in [4.78, 5) is 40.7. The molecular weight excluding hydrogens is 534 g/mol. The molecule has 2 aromatic rings. The summed E-state index contributed by atoms with van der Waals surface area (Å²) >= 11 is 3.42. The SMILES string of the molecule is CC(C(=O)NC1CCCCC1)N(Cc1cccc(Br)c1)C(=O)CN1C(=O)c2ccccc2S1(=O)=O. The van der Waals surface area contributed by atoms with Gasteiger partial charge in [-0.3, -0.25) is 14.4 Å². The fourth-order valence-electron chi connectivity index (χ4n) is 4.58. The number of hydrogen-bond donors (Lipinski definition) is 1. The standard InChI is InChI=1S/C25H28BrN3O5S/c1-17(24(31)27-20-10-3-2-4-11-20)28(15-18-8-7-9-19(26)14-18)23(30)16-29-25(32)21-12-5-6-13-22(21)35(29,33)34/h5-9,12-14,17,20H,2-4,10-11,15-16H2,1H3,(H,27,31). The average Bonchev–Trinajstić information content (AvgIpc) is 3.03. The van der Waals surface area contributed by atoms with Crippen LogP contribution in [0.25, 0.3) is 0 Å². The van der Waals surface area contributed by atoms with Crippen LogP contribution in [0.15, 0.2) is 57.9 Å². The summed E-state index contributed by atoms with van der Waals surface area (Å²) in [5.41, 5.74) is 0.811. The van der Waals surface area contributed by atoms with Crippen LogP contribution >= 0.6 is 15.9 Å². The molecule has 1 atom stereocenters. The van der Waals surface area contributed by atoms with Gasteiger partial charge < -0.3 is 10.2 Å². The van der Waals surface area contributed by atoms with Crippen LogP contribution in [-0.4, -0.2) is 54.0 Å². The number of benzene rings is 2. The fraction of sp³-hybridized carbons (Fsp3) is 0.400. The minimum absolute atomic E-state index is 0.0435. The predicted octanol–water partition coefficient (Wildman–Crippen LogP) is 3.46. The Morgan fingerprint density at radius 2 is 1.83 bits per heavy atom. The van der Waals surface area contributed by atoms with E-state index in [9.17, 15) is 22.8 Å². The lowest BCUT2D eigenvalue weighted by Gasteiger charge is -2.32. The molecule has 3 amide bonds. The highest BCUT2D eigenvalue weighted by atomic mass is 79.9. The van der Waals surface area contributed by atoms with E-state index in [1.165, 1.54) is 23.1 Å². The van der Waals surface area contributed by atoms with Gasteiger partial charge in [-0.1, -0.05) is 59.5 Å². The third-order valence-corrected chi connectivity index (χ3v) is 8.83. The highest BCUT2D eigenvalue weighted by molar-refractivity contribution is 9.10. The van der Waals surface area contributed by atoms with Crippen LogP contribution in [0.2, 0.25) is 0 Å². The molecule has 35 heavy (non-hydrogen) atoms. The molecule has 4 rings (SSSR count). The summed E-state index contributed by atoms with van der Waals surface area (Å²) in [5.74, 6) is -1.66. The summed E-state index contributed by atoms with van der Waals surface area (Å²) in [6, 6.07) is 12.4. The van der Waals surface area contributed by atoms with Crippen molar-refractivity contribution in [1.82, 2.24) is 14.5 Å². The Morgan fingerprint density at radius 3 is 2.51 bits per heavy atom. The molecular formula is C25H28BrN3O5S. The quantitative estimate of drug-likeness (QED) is 0.557. The Balaban J connectivity index is 1.57. The maximum atomic E-state index is 13.5. The number of rotatable bonds is 7. The number of nitrogens with one attached hydrogen (secondary N) is 1. The van der Waals surface area contributed by atoms with Crippen molar-refractivity contribution < 1.29 is 22.8 Å². The fourth-order valence-corrected chi connectivity index (χ4v) is 6.55. The van der Waals surface area contributed by atoms with Gasteiger partial charge in [0.2, 0.25) is 11.8 Å². The molecule has 0 radical (unpaired) electrons. The highest BCUT2D eigenvalue weighted by Gasteiger charge is 2.43. The minimum atomic E-state index is -4.14. The maximum Gasteiger partial charge on any atom is 0.269 e. The number of carbonyl (C=O) groups excluding carboxylic acids is 3. The van der Waals surface area contributed by atoms with Crippen molar-refractivity contribution in [2.24, 2.45) is 0 Å². The number of halogens is 1. The van der Waals surface area contributed by atoms with Crippen LogP contribution in [0, 0.1) is 0 Å². The summed E-state index contributed by atoms with van der Waals surface area (Å²) in [5, 5.41) is 3.04. The Hall–Kier alpha value is -2.72. The molecule has 0 saturated heterocycles. The van der Waals surface area contributed by atoms with Gasteiger partial charge in [0.05, 0.1) is 5.56 Å². The summed E-state index contributed by atoms with van der Waals surface area (Å²) in [6.07, 6.45) is 5.05. The molecule has 1 aliphatic carbocycles. The largest absolute Gasteiger partial charge is 0.352 e. The van der Waals surface area contributed by atoms with Gasteiger partial charge >= 0.3 is 0 Å². The van der Waals surface area contributed by atoms with E-state index in [4.69, 9.17) is 0 Å². The first kappa shape index (κ1) is 25.4. The Labute approximate surface area is 213 Å². The Kier molecular flexibility index (Phi) is 7.61. The number of nitrogens with zero attached hydrogens (tertiary/aromatic N) is 2. The molecule has 0 aromatic heterocycles. The van der Waals surface area contributed by atoms with E-state index in [2.05, 4.69) is 21.2 Å². The van der Waals surface area contributed by atoms with Crippen molar-refractivity contribution in [3.05, 3.63) is 64.1 Å². The molecule has 2 aliphatic rings. The number of fused-ring (bicyclic) bond motifs is 1. The third-order valence-electron chi connectivity index (χ3n) is 6.55. The van der Waals surface area contributed by atoms with E-state index in [1.807, 2.05) is 24.3 Å². The second kappa shape index (κ2) is 10.5. The predicted molar refractivity (Wildman–Crippen MR) is 134 cm³/mol. The normalized spacial score (nSPS) is 18.1. The van der Waals surface area contributed by atoms with Gasteiger partial charge in [0.1, 0.15) is 17.5 Å². The van der Waals surface area contributed by atoms with Gasteiger partial charge in [0.25, 0.3) is 15.9 Å². The van der Waals surface area contributed by atoms with Gasteiger partial charge in [-0.25, -0.2) is 12.7 Å². The Morgan fingerprint density at radius 1 is 1.11 bits per heavy atom. The first-order valence-corrected chi connectivity index (χ1v) is 13.9. The van der Waals surface area contributed by atoms with Gasteiger partial charge in [0.15, 0.2) is 0 Å². The van der Waals surface area contributed by atoms with Crippen LogP contribution in [0.1, 0.15) is 54.9 Å². The van der Waals surface area contributed by atoms with E-state index in [0.717, 1.165) is 42.1 Å². The third kappa shape index (κ3) is 5.43. The van der Waals surface area contributed by atoms with Crippen molar-refractivity contribution in [2.75, 3.05) is 6.54 Å². The Bertz CT molecular complexity index is 1240. The topological polar surface area (TPSA) is 104 Å². The average molecular weight is 562 g/mol. The molecule has 1 aliphatic heterocycles. The van der Waals surface area contributed by atoms with Crippen LogP contribution in [0.3, 0.4) is 0 Å². The lowest BCUT2D eigenvalue weighted by atomic mass is 9.95. The van der Waals surface area contributed by atoms with E-state index in [-0.39, 0.29) is 29.0 Å². The lowest BCUT2D eigenvalue weighted by molar-refractivity contribution is -0.140. The van der Waals surface area contributed by atoms with Crippen LogP contribution < -0.4 is 5.32 Å². The summed E-state index contributed by atoms with van der Waals surface area (Å²) in [6.45, 7) is 1.04. The zero-order valence-corrected chi connectivity index (χ0v) is 21.8. The van der Waals surface area contributed by atoms with Gasteiger partial charge in [-0.15, -0.1) is 0 Å². The number of amides is 3. The van der Waals surface area contributed by atoms with E-state index >= 15 is 0 Å². The van der Waals surface area contributed by atoms with Crippen molar-refractivity contribution in [2.45, 2.75) is 62.6 Å². The van der Waals surface area contributed by atoms with Gasteiger partial charge in [0, 0.05) is 17.1 Å². The summed E-state index contributed by atoms with van der Waals surface area (Å²) in [7, 11) is -4.14. The van der Waals surface area contributed by atoms with Crippen LogP contribution in [-0.2, 0) is 26.2 Å². The smallest absolute Gasteiger partial charge is 0.269 e. The monoisotopic (exact) mass is 561 g/mol. The molecule has 0 bridgehead atoms. The molecule has 1 fully saturated rings. The molecule has 0 spiro atoms. The zero-order chi connectivity index (χ0) is 25.2. The molecule has 2 aromatic carbocycles. The van der Waals surface area contributed by atoms with Crippen LogP contribution in [0.4, 0.5) is 0 Å². The molecule has 1 N–H and O–H groups in total. The zero-order valence-electron chi connectivity index (χ0n) is 19.4. The molecule has 186 valence electrons. The second-order valence-corrected chi connectivity index (χ2v) is 11.7. The number of carbonyl (C=O) groups is 3. The number of hydrogen-bond acceptors (Lipinski definition) is 5. The first-order valence-electron chi connectivity index (χ1n) is 11.7. The van der Waals surface area contributed by atoms with Crippen LogP contribution in [0.5, 0.6) is 0 Å². The van der Waals surface area contributed by atoms with Crippen molar-refractivity contribution in [1.29, 1.82) is 0 Å². The molecule has 1 unspecified atom stereocenters. The molecule has 8 nitrogen and oxygen atoms in total. The van der Waals surface area contributed by atoms with E-state index < -0.39 is 34.4 Å². The minimum Gasteiger partial charge on any atom is -0.352 e. The molecule has 10 heteroatoms. The van der Waals surface area contributed by atoms with Crippen molar-refractivity contribution in [3.8, 4) is 0 Å². The van der Waals surface area contributed by atoms with Gasteiger partial charge in [-0.2, -0.15) is 0 Å². The first-order chi connectivity index (χ1) is 16.7. The lowest BCUT2D eigenvalue weighted by Crippen LogP contribution is -2.52. The number of sulfonamides is 1. The van der Waals surface area contributed by atoms with Gasteiger partial charge in [-0.05, 0) is 49.6 Å². The molecule has 1 saturated carbocycles. The molecule has 1 heterocycles. The van der Waals surface area contributed by atoms with E-state index in [1.54, 1.807) is 13.0 Å². The van der Waals surface area contributed by atoms with Crippen molar-refractivity contribution in [3.63, 3.8) is 0 Å². The van der Waals surface area contributed by atoms with E-state index in [0.29, 0.717) is 4.31 Å². The maximum absolute atomic E-state index is 13.5. The van der Waals surface area contributed by atoms with Crippen molar-refractivity contribution >= 4 is 43.7 Å². The highest BCUT2D eigenvalue weighted by Crippen LogP contribution is 2.30. The summed E-state index contributed by atoms with van der Waals surface area (Å²) < 4.78 is 27.4. The second-order valence-electron chi connectivity index (χ2n) is 8.98.